The number of methoxy groups -OCH3 is 2. The molecule has 0 aliphatic rings. The van der Waals surface area contributed by atoms with Gasteiger partial charge in [-0.05, 0) is 5.56 Å². The first-order valence-corrected chi connectivity index (χ1v) is 6.22. The van der Waals surface area contributed by atoms with Crippen LogP contribution in [0.15, 0.2) is 30.3 Å². The highest BCUT2D eigenvalue weighted by molar-refractivity contribution is 5.77. The summed E-state index contributed by atoms with van der Waals surface area (Å²) in [6.45, 7) is 2.20. The van der Waals surface area contributed by atoms with Crippen LogP contribution in [0.3, 0.4) is 0 Å². The van der Waals surface area contributed by atoms with Gasteiger partial charge in [0.1, 0.15) is 6.04 Å². The summed E-state index contributed by atoms with van der Waals surface area (Å²) in [6, 6.07) is 9.01. The molecule has 5 nitrogen and oxygen atoms in total. The molecule has 1 unspecified atom stereocenters. The van der Waals surface area contributed by atoms with Crippen LogP contribution in [0.1, 0.15) is 11.6 Å². The van der Waals surface area contributed by atoms with Gasteiger partial charge in [0.05, 0.1) is 26.9 Å². The molecule has 0 heterocycles. The fourth-order valence-corrected chi connectivity index (χ4v) is 1.62. The second-order valence-electron chi connectivity index (χ2n) is 3.93. The van der Waals surface area contributed by atoms with Gasteiger partial charge < -0.3 is 14.2 Å². The van der Waals surface area contributed by atoms with Gasteiger partial charge in [-0.2, -0.15) is 0 Å². The minimum atomic E-state index is -0.461. The van der Waals surface area contributed by atoms with E-state index in [-0.39, 0.29) is 5.97 Å². The van der Waals surface area contributed by atoms with E-state index in [9.17, 15) is 4.79 Å². The maximum Gasteiger partial charge on any atom is 0.327 e. The number of hydrogen-bond donors (Lipinski definition) is 1. The van der Waals surface area contributed by atoms with Gasteiger partial charge in [-0.25, -0.2) is 4.79 Å². The highest BCUT2D eigenvalue weighted by atomic mass is 16.5. The van der Waals surface area contributed by atoms with Gasteiger partial charge >= 0.3 is 5.97 Å². The van der Waals surface area contributed by atoms with Crippen molar-refractivity contribution in [2.24, 2.45) is 0 Å². The first-order valence-electron chi connectivity index (χ1n) is 6.22. The molecular formula is C14H21NO4. The largest absolute Gasteiger partial charge is 0.468 e. The standard InChI is InChI=1S/C14H21NO4/c1-17-10-11-19-9-8-15-13(14(16)18-2)12-6-4-3-5-7-12/h3-7,13,15H,8-11H2,1-2H3. The molecule has 0 saturated carbocycles. The zero-order valence-electron chi connectivity index (χ0n) is 11.4. The van der Waals surface area contributed by atoms with Crippen LogP contribution in [0.25, 0.3) is 0 Å². The summed E-state index contributed by atoms with van der Waals surface area (Å²) in [5, 5.41) is 3.12. The molecule has 0 fully saturated rings. The molecule has 0 bridgehead atoms. The van der Waals surface area contributed by atoms with Crippen LogP contribution in [0.2, 0.25) is 0 Å². The van der Waals surface area contributed by atoms with E-state index in [4.69, 9.17) is 14.2 Å². The lowest BCUT2D eigenvalue weighted by atomic mass is 10.1. The summed E-state index contributed by atoms with van der Waals surface area (Å²) in [5.74, 6) is -0.303. The number of ether oxygens (including phenoxy) is 3. The van der Waals surface area contributed by atoms with Crippen molar-refractivity contribution in [2.45, 2.75) is 6.04 Å². The number of nitrogens with one attached hydrogen (secondary N) is 1. The summed E-state index contributed by atoms with van der Waals surface area (Å²) in [5.41, 5.74) is 0.881. The predicted octanol–water partition coefficient (Wildman–Crippen LogP) is 1.15. The van der Waals surface area contributed by atoms with E-state index >= 15 is 0 Å². The van der Waals surface area contributed by atoms with Crippen molar-refractivity contribution < 1.29 is 19.0 Å². The smallest absolute Gasteiger partial charge is 0.327 e. The molecule has 19 heavy (non-hydrogen) atoms. The lowest BCUT2D eigenvalue weighted by Crippen LogP contribution is -2.32. The van der Waals surface area contributed by atoms with Gasteiger partial charge in [0.2, 0.25) is 0 Å². The highest BCUT2D eigenvalue weighted by Gasteiger charge is 2.19. The summed E-state index contributed by atoms with van der Waals surface area (Å²) in [6.07, 6.45) is 0. The highest BCUT2D eigenvalue weighted by Crippen LogP contribution is 2.13. The summed E-state index contributed by atoms with van der Waals surface area (Å²) in [4.78, 5) is 11.7. The molecule has 0 saturated heterocycles. The van der Waals surface area contributed by atoms with Gasteiger partial charge in [0, 0.05) is 13.7 Å². The topological polar surface area (TPSA) is 56.8 Å². The van der Waals surface area contributed by atoms with E-state index in [0.29, 0.717) is 26.4 Å². The first kappa shape index (κ1) is 15.6. The van der Waals surface area contributed by atoms with Crippen molar-refractivity contribution in [2.75, 3.05) is 40.6 Å². The Morgan fingerprint density at radius 3 is 2.53 bits per heavy atom. The van der Waals surface area contributed by atoms with Crippen LogP contribution in [0, 0.1) is 0 Å². The van der Waals surface area contributed by atoms with Gasteiger partial charge in [-0.3, -0.25) is 5.32 Å². The second-order valence-corrected chi connectivity index (χ2v) is 3.93. The number of rotatable bonds is 9. The monoisotopic (exact) mass is 267 g/mol. The fraction of sp³-hybridized carbons (Fsp3) is 0.500. The van der Waals surface area contributed by atoms with E-state index in [0.717, 1.165) is 5.56 Å². The molecule has 106 valence electrons. The lowest BCUT2D eigenvalue weighted by molar-refractivity contribution is -0.143. The zero-order valence-corrected chi connectivity index (χ0v) is 11.4. The van der Waals surface area contributed by atoms with Gasteiger partial charge in [-0.1, -0.05) is 30.3 Å². The average Bonchev–Trinajstić information content (AvgIpc) is 2.47. The third-order valence-corrected chi connectivity index (χ3v) is 2.60. The molecular weight excluding hydrogens is 246 g/mol. The quantitative estimate of drug-likeness (QED) is 0.537. The molecule has 0 spiro atoms. The summed E-state index contributed by atoms with van der Waals surface area (Å²) in [7, 11) is 3.01. The lowest BCUT2D eigenvalue weighted by Gasteiger charge is -2.16. The maximum absolute atomic E-state index is 11.7. The number of hydrogen-bond acceptors (Lipinski definition) is 5. The Bertz CT molecular complexity index is 356. The van der Waals surface area contributed by atoms with Crippen molar-refractivity contribution >= 4 is 5.97 Å². The molecule has 1 atom stereocenters. The number of benzene rings is 1. The number of carbonyl (C=O) groups excluding carboxylic acids is 1. The zero-order chi connectivity index (χ0) is 13.9. The molecule has 5 heteroatoms. The Hall–Kier alpha value is -1.43. The van der Waals surface area contributed by atoms with Crippen LogP contribution >= 0.6 is 0 Å². The maximum atomic E-state index is 11.7. The first-order chi connectivity index (χ1) is 9.29. The third-order valence-electron chi connectivity index (χ3n) is 2.60. The molecule has 0 aromatic heterocycles. The second kappa shape index (κ2) is 9.49. The minimum absolute atomic E-state index is 0.303. The van der Waals surface area contributed by atoms with E-state index in [2.05, 4.69) is 5.32 Å². The summed E-state index contributed by atoms with van der Waals surface area (Å²) < 4.78 is 15.0. The van der Waals surface area contributed by atoms with Crippen molar-refractivity contribution in [3.8, 4) is 0 Å². The van der Waals surface area contributed by atoms with E-state index in [1.807, 2.05) is 30.3 Å². The Balaban J connectivity index is 2.41. The average molecular weight is 267 g/mol. The molecule has 0 amide bonds. The van der Waals surface area contributed by atoms with Crippen molar-refractivity contribution in [3.05, 3.63) is 35.9 Å². The Morgan fingerprint density at radius 2 is 1.89 bits per heavy atom. The van der Waals surface area contributed by atoms with Crippen LogP contribution in [0.5, 0.6) is 0 Å². The van der Waals surface area contributed by atoms with Crippen molar-refractivity contribution in [3.63, 3.8) is 0 Å². The van der Waals surface area contributed by atoms with E-state index in [1.165, 1.54) is 7.11 Å². The molecule has 1 aromatic rings. The van der Waals surface area contributed by atoms with Crippen molar-refractivity contribution in [1.82, 2.24) is 5.32 Å². The SMILES string of the molecule is COCCOCCNC(C(=O)OC)c1ccccc1. The Morgan fingerprint density at radius 1 is 1.16 bits per heavy atom. The molecule has 0 aliphatic carbocycles. The van der Waals surface area contributed by atoms with Gasteiger partial charge in [0.25, 0.3) is 0 Å². The fourth-order valence-electron chi connectivity index (χ4n) is 1.62. The molecule has 1 N–H and O–H groups in total. The van der Waals surface area contributed by atoms with Gasteiger partial charge in [-0.15, -0.1) is 0 Å². The number of esters is 1. The van der Waals surface area contributed by atoms with Crippen molar-refractivity contribution in [1.29, 1.82) is 0 Å². The molecule has 0 aliphatic heterocycles. The van der Waals surface area contributed by atoms with Crippen LogP contribution in [-0.4, -0.2) is 46.6 Å². The molecule has 1 aromatic carbocycles. The summed E-state index contributed by atoms with van der Waals surface area (Å²) >= 11 is 0. The Labute approximate surface area is 113 Å². The van der Waals surface area contributed by atoms with Crippen LogP contribution in [0.4, 0.5) is 0 Å². The van der Waals surface area contributed by atoms with E-state index < -0.39 is 6.04 Å². The third kappa shape index (κ3) is 5.83. The van der Waals surface area contributed by atoms with Gasteiger partial charge in [0.15, 0.2) is 0 Å². The van der Waals surface area contributed by atoms with Crippen LogP contribution in [-0.2, 0) is 19.0 Å². The predicted molar refractivity (Wildman–Crippen MR) is 71.9 cm³/mol. The minimum Gasteiger partial charge on any atom is -0.468 e. The molecule has 1 rings (SSSR count). The number of carbonyl (C=O) groups is 1. The molecule has 0 radical (unpaired) electrons. The van der Waals surface area contributed by atoms with E-state index in [1.54, 1.807) is 7.11 Å². The van der Waals surface area contributed by atoms with Crippen LogP contribution < -0.4 is 5.32 Å². The Kier molecular flexibility index (Phi) is 7.81. The normalized spacial score (nSPS) is 12.1.